The number of carbonyl (C=O) groups excluding carboxylic acids is 1. The van der Waals surface area contributed by atoms with E-state index in [9.17, 15) is 4.79 Å². The first-order valence-electron chi connectivity index (χ1n) is 7.69. The van der Waals surface area contributed by atoms with E-state index in [0.29, 0.717) is 23.1 Å². The van der Waals surface area contributed by atoms with E-state index < -0.39 is 5.97 Å². The summed E-state index contributed by atoms with van der Waals surface area (Å²) in [5.74, 6) is 0.276. The molecule has 0 amide bonds. The average Bonchev–Trinajstić information content (AvgIpc) is 2.94. The summed E-state index contributed by atoms with van der Waals surface area (Å²) in [4.78, 5) is 16.8. The average molecular weight is 341 g/mol. The van der Waals surface area contributed by atoms with Crippen molar-refractivity contribution in [1.29, 1.82) is 0 Å². The molecule has 1 heterocycles. The molecule has 3 aromatic rings. The van der Waals surface area contributed by atoms with Gasteiger partial charge in [0, 0.05) is 16.3 Å². The van der Waals surface area contributed by atoms with Crippen molar-refractivity contribution < 1.29 is 9.53 Å². The van der Waals surface area contributed by atoms with Crippen LogP contribution in [0, 0.1) is 6.92 Å². The first-order chi connectivity index (χ1) is 11.6. The van der Waals surface area contributed by atoms with Gasteiger partial charge in [-0.05, 0) is 38.1 Å². The van der Waals surface area contributed by atoms with E-state index in [1.54, 1.807) is 6.92 Å². The highest BCUT2D eigenvalue weighted by Crippen LogP contribution is 2.27. The Kier molecular flexibility index (Phi) is 4.67. The van der Waals surface area contributed by atoms with E-state index in [0.717, 1.165) is 16.9 Å². The van der Waals surface area contributed by atoms with Crippen molar-refractivity contribution in [2.24, 2.45) is 0 Å². The van der Waals surface area contributed by atoms with Gasteiger partial charge >= 0.3 is 5.97 Å². The zero-order valence-electron chi connectivity index (χ0n) is 13.5. The molecule has 0 saturated heterocycles. The Balaban J connectivity index is 2.21. The monoisotopic (exact) mass is 340 g/mol. The number of esters is 1. The molecule has 0 aliphatic rings. The van der Waals surface area contributed by atoms with E-state index in [4.69, 9.17) is 16.3 Å². The standard InChI is InChI=1S/C19H17ClN2O2/c1-3-24-19(23)17-13(2)22(16-11-9-15(20)10-12-16)18(21-17)14-7-5-4-6-8-14/h4-12H,3H2,1-2H3. The van der Waals surface area contributed by atoms with Gasteiger partial charge in [-0.2, -0.15) is 0 Å². The quantitative estimate of drug-likeness (QED) is 0.648. The molecule has 0 bridgehead atoms. The van der Waals surface area contributed by atoms with Crippen molar-refractivity contribution in [3.63, 3.8) is 0 Å². The third kappa shape index (κ3) is 3.05. The van der Waals surface area contributed by atoms with Gasteiger partial charge in [0.25, 0.3) is 0 Å². The van der Waals surface area contributed by atoms with Crippen molar-refractivity contribution in [3.8, 4) is 17.1 Å². The van der Waals surface area contributed by atoms with Crippen LogP contribution in [0.1, 0.15) is 23.1 Å². The van der Waals surface area contributed by atoms with Gasteiger partial charge in [0.05, 0.1) is 12.3 Å². The molecule has 0 aliphatic heterocycles. The van der Waals surface area contributed by atoms with Gasteiger partial charge < -0.3 is 4.74 Å². The number of carbonyl (C=O) groups is 1. The molecule has 0 N–H and O–H groups in total. The van der Waals surface area contributed by atoms with Crippen LogP contribution >= 0.6 is 11.6 Å². The molecule has 0 spiro atoms. The van der Waals surface area contributed by atoms with Gasteiger partial charge in [-0.15, -0.1) is 0 Å². The smallest absolute Gasteiger partial charge is 0.358 e. The summed E-state index contributed by atoms with van der Waals surface area (Å²) in [5.41, 5.74) is 2.87. The third-order valence-electron chi connectivity index (χ3n) is 3.69. The number of hydrogen-bond acceptors (Lipinski definition) is 3. The van der Waals surface area contributed by atoms with E-state index >= 15 is 0 Å². The van der Waals surface area contributed by atoms with Gasteiger partial charge in [0.2, 0.25) is 0 Å². The first kappa shape index (κ1) is 16.3. The van der Waals surface area contributed by atoms with Crippen molar-refractivity contribution in [2.45, 2.75) is 13.8 Å². The fraction of sp³-hybridized carbons (Fsp3) is 0.158. The molecule has 24 heavy (non-hydrogen) atoms. The van der Waals surface area contributed by atoms with Gasteiger partial charge in [-0.25, -0.2) is 9.78 Å². The number of nitrogens with zero attached hydrogens (tertiary/aromatic N) is 2. The summed E-state index contributed by atoms with van der Waals surface area (Å²) in [7, 11) is 0. The van der Waals surface area contributed by atoms with Gasteiger partial charge in [0.1, 0.15) is 5.82 Å². The number of ether oxygens (including phenoxy) is 1. The Morgan fingerprint density at radius 2 is 1.79 bits per heavy atom. The van der Waals surface area contributed by atoms with Crippen molar-refractivity contribution in [2.75, 3.05) is 6.61 Å². The van der Waals surface area contributed by atoms with Gasteiger partial charge in [-0.3, -0.25) is 4.57 Å². The lowest BCUT2D eigenvalue weighted by atomic mass is 10.2. The lowest BCUT2D eigenvalue weighted by Gasteiger charge is -2.10. The maximum absolute atomic E-state index is 12.2. The molecule has 4 nitrogen and oxygen atoms in total. The molecule has 0 aliphatic carbocycles. The second kappa shape index (κ2) is 6.89. The molecule has 0 unspecified atom stereocenters. The number of benzene rings is 2. The van der Waals surface area contributed by atoms with Crippen LogP contribution in [0.5, 0.6) is 0 Å². The van der Waals surface area contributed by atoms with Crippen LogP contribution in [-0.4, -0.2) is 22.1 Å². The van der Waals surface area contributed by atoms with E-state index in [-0.39, 0.29) is 0 Å². The molecule has 3 rings (SSSR count). The maximum atomic E-state index is 12.2. The molecule has 0 radical (unpaired) electrons. The number of rotatable bonds is 4. The zero-order valence-corrected chi connectivity index (χ0v) is 14.2. The topological polar surface area (TPSA) is 44.1 Å². The number of aromatic nitrogens is 2. The number of hydrogen-bond donors (Lipinski definition) is 0. The Labute approximate surface area is 145 Å². The fourth-order valence-electron chi connectivity index (χ4n) is 2.58. The Morgan fingerprint density at radius 1 is 1.12 bits per heavy atom. The van der Waals surface area contributed by atoms with Crippen molar-refractivity contribution >= 4 is 17.6 Å². The van der Waals surface area contributed by atoms with Gasteiger partial charge in [-0.1, -0.05) is 41.9 Å². The van der Waals surface area contributed by atoms with Crippen molar-refractivity contribution in [3.05, 3.63) is 71.0 Å². The maximum Gasteiger partial charge on any atom is 0.358 e. The Hall–Kier alpha value is -2.59. The summed E-state index contributed by atoms with van der Waals surface area (Å²) in [6.07, 6.45) is 0. The molecule has 0 atom stereocenters. The van der Waals surface area contributed by atoms with Crippen LogP contribution in [0.25, 0.3) is 17.1 Å². The molecule has 122 valence electrons. The number of halogens is 1. The largest absolute Gasteiger partial charge is 0.461 e. The minimum atomic E-state index is -0.417. The second-order valence-electron chi connectivity index (χ2n) is 5.27. The Bertz CT molecular complexity index is 855. The minimum absolute atomic E-state index is 0.312. The molecule has 0 fully saturated rings. The van der Waals surface area contributed by atoms with Gasteiger partial charge in [0.15, 0.2) is 5.69 Å². The SMILES string of the molecule is CCOC(=O)c1nc(-c2ccccc2)n(-c2ccc(Cl)cc2)c1C. The van der Waals surface area contributed by atoms with Crippen LogP contribution in [-0.2, 0) is 4.74 Å². The normalized spacial score (nSPS) is 10.6. The second-order valence-corrected chi connectivity index (χ2v) is 5.70. The molecule has 2 aromatic carbocycles. The van der Waals surface area contributed by atoms with Crippen LogP contribution in [0.4, 0.5) is 0 Å². The highest BCUT2D eigenvalue weighted by molar-refractivity contribution is 6.30. The molecule has 1 aromatic heterocycles. The number of imidazole rings is 1. The molecular weight excluding hydrogens is 324 g/mol. The summed E-state index contributed by atoms with van der Waals surface area (Å²) < 4.78 is 7.07. The van der Waals surface area contributed by atoms with E-state index in [2.05, 4.69) is 4.98 Å². The highest BCUT2D eigenvalue weighted by Gasteiger charge is 2.22. The van der Waals surface area contributed by atoms with Crippen LogP contribution in [0.2, 0.25) is 5.02 Å². The zero-order chi connectivity index (χ0) is 17.1. The fourth-order valence-corrected chi connectivity index (χ4v) is 2.71. The third-order valence-corrected chi connectivity index (χ3v) is 3.95. The predicted molar refractivity (Wildman–Crippen MR) is 94.7 cm³/mol. The lowest BCUT2D eigenvalue weighted by molar-refractivity contribution is 0.0519. The summed E-state index contributed by atoms with van der Waals surface area (Å²) in [6.45, 7) is 3.95. The van der Waals surface area contributed by atoms with E-state index in [1.807, 2.05) is 66.1 Å². The lowest BCUT2D eigenvalue weighted by Crippen LogP contribution is -2.07. The first-order valence-corrected chi connectivity index (χ1v) is 8.07. The Morgan fingerprint density at radius 3 is 2.42 bits per heavy atom. The van der Waals surface area contributed by atoms with Crippen molar-refractivity contribution in [1.82, 2.24) is 9.55 Å². The summed E-state index contributed by atoms with van der Waals surface area (Å²) in [6, 6.07) is 17.2. The molecular formula is C19H17ClN2O2. The minimum Gasteiger partial charge on any atom is -0.461 e. The summed E-state index contributed by atoms with van der Waals surface area (Å²) in [5, 5.41) is 0.656. The van der Waals surface area contributed by atoms with E-state index in [1.165, 1.54) is 0 Å². The summed E-state index contributed by atoms with van der Waals surface area (Å²) >= 11 is 5.99. The van der Waals surface area contributed by atoms with Crippen LogP contribution in [0.15, 0.2) is 54.6 Å². The molecule has 5 heteroatoms. The highest BCUT2D eigenvalue weighted by atomic mass is 35.5. The van der Waals surface area contributed by atoms with Crippen LogP contribution < -0.4 is 0 Å². The van der Waals surface area contributed by atoms with Crippen LogP contribution in [0.3, 0.4) is 0 Å². The predicted octanol–water partition coefficient (Wildman–Crippen LogP) is 4.68. The molecule has 0 saturated carbocycles.